The van der Waals surface area contributed by atoms with Crippen molar-refractivity contribution in [1.29, 1.82) is 5.26 Å². The molecule has 1 saturated heterocycles. The van der Waals surface area contributed by atoms with E-state index in [0.29, 0.717) is 13.0 Å². The van der Waals surface area contributed by atoms with E-state index in [4.69, 9.17) is 10.00 Å². The fourth-order valence-electron chi connectivity index (χ4n) is 2.21. The van der Waals surface area contributed by atoms with Crippen LogP contribution in [0, 0.1) is 11.3 Å². The number of nitriles is 1. The second-order valence-electron chi connectivity index (χ2n) is 4.19. The van der Waals surface area contributed by atoms with Gasteiger partial charge in [-0.3, -0.25) is 4.79 Å². The molecule has 0 bridgehead atoms. The SMILES string of the molecule is COC(=O)[C@@H]1CCCN1C(=O)c1cccnc1C#N. The molecular formula is C13H13N3O3. The van der Waals surface area contributed by atoms with E-state index in [1.165, 1.54) is 18.2 Å². The molecule has 0 saturated carbocycles. The number of esters is 1. The lowest BCUT2D eigenvalue weighted by Crippen LogP contribution is -2.41. The normalized spacial score (nSPS) is 17.9. The van der Waals surface area contributed by atoms with Gasteiger partial charge >= 0.3 is 5.97 Å². The van der Waals surface area contributed by atoms with Gasteiger partial charge in [0.05, 0.1) is 12.7 Å². The number of ether oxygens (including phenoxy) is 1. The number of nitrogens with zero attached hydrogens (tertiary/aromatic N) is 3. The number of carbonyl (C=O) groups is 2. The molecule has 0 radical (unpaired) electrons. The fraction of sp³-hybridized carbons (Fsp3) is 0.385. The van der Waals surface area contributed by atoms with Gasteiger partial charge in [0.1, 0.15) is 12.1 Å². The molecule has 0 spiro atoms. The summed E-state index contributed by atoms with van der Waals surface area (Å²) in [5, 5.41) is 8.96. The van der Waals surface area contributed by atoms with Crippen molar-refractivity contribution in [1.82, 2.24) is 9.88 Å². The Morgan fingerprint density at radius 1 is 1.58 bits per heavy atom. The Morgan fingerprint density at radius 3 is 3.05 bits per heavy atom. The highest BCUT2D eigenvalue weighted by molar-refractivity contribution is 5.98. The summed E-state index contributed by atoms with van der Waals surface area (Å²) in [6.07, 6.45) is 2.78. The maximum absolute atomic E-state index is 12.4. The van der Waals surface area contributed by atoms with Crippen LogP contribution in [-0.4, -0.2) is 41.5 Å². The van der Waals surface area contributed by atoms with Crippen LogP contribution in [0.5, 0.6) is 0 Å². The minimum Gasteiger partial charge on any atom is -0.467 e. The van der Waals surface area contributed by atoms with Crippen LogP contribution in [0.4, 0.5) is 0 Å². The molecule has 1 atom stereocenters. The molecule has 0 unspecified atom stereocenters. The lowest BCUT2D eigenvalue weighted by molar-refractivity contribution is -0.145. The van der Waals surface area contributed by atoms with Gasteiger partial charge in [-0.15, -0.1) is 0 Å². The zero-order valence-electron chi connectivity index (χ0n) is 10.5. The van der Waals surface area contributed by atoms with Crippen LogP contribution in [0.1, 0.15) is 28.9 Å². The molecule has 2 heterocycles. The van der Waals surface area contributed by atoms with Crippen molar-refractivity contribution in [3.8, 4) is 6.07 Å². The summed E-state index contributed by atoms with van der Waals surface area (Å²) < 4.78 is 4.69. The number of pyridine rings is 1. The summed E-state index contributed by atoms with van der Waals surface area (Å²) in [5.41, 5.74) is 0.295. The van der Waals surface area contributed by atoms with Gasteiger partial charge in [0.15, 0.2) is 5.69 Å². The summed E-state index contributed by atoms with van der Waals surface area (Å²) in [6.45, 7) is 0.484. The Bertz CT molecular complexity index is 550. The second kappa shape index (κ2) is 5.48. The van der Waals surface area contributed by atoms with Gasteiger partial charge in [0, 0.05) is 12.7 Å². The van der Waals surface area contributed by atoms with E-state index >= 15 is 0 Å². The molecule has 1 aromatic heterocycles. The van der Waals surface area contributed by atoms with Crippen molar-refractivity contribution in [3.05, 3.63) is 29.6 Å². The van der Waals surface area contributed by atoms with E-state index in [-0.39, 0.29) is 17.2 Å². The topological polar surface area (TPSA) is 83.3 Å². The predicted molar refractivity (Wildman–Crippen MR) is 65.0 cm³/mol. The molecule has 0 aromatic carbocycles. The Kier molecular flexibility index (Phi) is 3.76. The molecule has 1 fully saturated rings. The van der Waals surface area contributed by atoms with Crippen molar-refractivity contribution in [3.63, 3.8) is 0 Å². The lowest BCUT2D eigenvalue weighted by atomic mass is 10.1. The first kappa shape index (κ1) is 13.0. The zero-order valence-corrected chi connectivity index (χ0v) is 10.5. The molecule has 1 aliphatic heterocycles. The first-order valence-electron chi connectivity index (χ1n) is 5.93. The number of rotatable bonds is 2. The molecule has 6 nitrogen and oxygen atoms in total. The third kappa shape index (κ3) is 2.40. The average Bonchev–Trinajstić information content (AvgIpc) is 2.95. The second-order valence-corrected chi connectivity index (χ2v) is 4.19. The molecule has 19 heavy (non-hydrogen) atoms. The van der Waals surface area contributed by atoms with Crippen LogP contribution in [-0.2, 0) is 9.53 Å². The highest BCUT2D eigenvalue weighted by atomic mass is 16.5. The van der Waals surface area contributed by atoms with Crippen LogP contribution >= 0.6 is 0 Å². The van der Waals surface area contributed by atoms with Crippen LogP contribution in [0.25, 0.3) is 0 Å². The zero-order chi connectivity index (χ0) is 13.8. The van der Waals surface area contributed by atoms with E-state index in [1.807, 2.05) is 6.07 Å². The Morgan fingerprint density at radius 2 is 2.37 bits per heavy atom. The summed E-state index contributed by atoms with van der Waals surface area (Å²) in [6, 6.07) is 4.45. The van der Waals surface area contributed by atoms with E-state index in [2.05, 4.69) is 4.98 Å². The molecule has 6 heteroatoms. The summed E-state index contributed by atoms with van der Waals surface area (Å²) in [4.78, 5) is 29.3. The smallest absolute Gasteiger partial charge is 0.328 e. The number of aromatic nitrogens is 1. The Hall–Kier alpha value is -2.42. The molecule has 98 valence electrons. The van der Waals surface area contributed by atoms with Crippen molar-refractivity contribution in [2.24, 2.45) is 0 Å². The monoisotopic (exact) mass is 259 g/mol. The number of likely N-dealkylation sites (tertiary alicyclic amines) is 1. The van der Waals surface area contributed by atoms with Gasteiger partial charge in [-0.05, 0) is 25.0 Å². The summed E-state index contributed by atoms with van der Waals surface area (Å²) in [7, 11) is 1.30. The minimum atomic E-state index is -0.566. The highest BCUT2D eigenvalue weighted by Crippen LogP contribution is 2.21. The van der Waals surface area contributed by atoms with E-state index in [0.717, 1.165) is 6.42 Å². The van der Waals surface area contributed by atoms with E-state index in [1.54, 1.807) is 12.1 Å². The third-order valence-corrected chi connectivity index (χ3v) is 3.13. The average molecular weight is 259 g/mol. The molecule has 0 N–H and O–H groups in total. The van der Waals surface area contributed by atoms with Gasteiger partial charge < -0.3 is 9.64 Å². The predicted octanol–water partition coefficient (Wildman–Crippen LogP) is 0.731. The number of methoxy groups -OCH3 is 1. The van der Waals surface area contributed by atoms with Gasteiger partial charge in [0.2, 0.25) is 0 Å². The highest BCUT2D eigenvalue weighted by Gasteiger charge is 2.36. The first-order chi connectivity index (χ1) is 9.19. The van der Waals surface area contributed by atoms with Gasteiger partial charge in [-0.25, -0.2) is 9.78 Å². The molecule has 1 aromatic rings. The number of hydrogen-bond donors (Lipinski definition) is 0. The van der Waals surface area contributed by atoms with E-state index in [9.17, 15) is 9.59 Å². The van der Waals surface area contributed by atoms with Crippen LogP contribution in [0.3, 0.4) is 0 Å². The molecule has 1 amide bonds. The van der Waals surface area contributed by atoms with Crippen molar-refractivity contribution in [2.45, 2.75) is 18.9 Å². The summed E-state index contributed by atoms with van der Waals surface area (Å²) >= 11 is 0. The standard InChI is InChI=1S/C13H13N3O3/c1-19-13(18)11-5-3-7-16(11)12(17)9-4-2-6-15-10(9)8-14/h2,4,6,11H,3,5,7H2,1H3/t11-/m0/s1. The fourth-order valence-corrected chi connectivity index (χ4v) is 2.21. The van der Waals surface area contributed by atoms with Crippen molar-refractivity contribution in [2.75, 3.05) is 13.7 Å². The van der Waals surface area contributed by atoms with Crippen LogP contribution in [0.2, 0.25) is 0 Å². The van der Waals surface area contributed by atoms with Gasteiger partial charge in [0.25, 0.3) is 5.91 Å². The summed E-state index contributed by atoms with van der Waals surface area (Å²) in [5.74, 6) is -0.772. The number of amides is 1. The third-order valence-electron chi connectivity index (χ3n) is 3.13. The van der Waals surface area contributed by atoms with Crippen LogP contribution in [0.15, 0.2) is 18.3 Å². The quantitative estimate of drug-likeness (QED) is 0.731. The van der Waals surface area contributed by atoms with E-state index < -0.39 is 12.0 Å². The Balaban J connectivity index is 2.29. The number of carbonyl (C=O) groups excluding carboxylic acids is 2. The maximum atomic E-state index is 12.4. The Labute approximate surface area is 110 Å². The maximum Gasteiger partial charge on any atom is 0.328 e. The van der Waals surface area contributed by atoms with Crippen molar-refractivity contribution < 1.29 is 14.3 Å². The molecular weight excluding hydrogens is 246 g/mol. The first-order valence-corrected chi connectivity index (χ1v) is 5.93. The van der Waals surface area contributed by atoms with Crippen molar-refractivity contribution >= 4 is 11.9 Å². The number of hydrogen-bond acceptors (Lipinski definition) is 5. The van der Waals surface area contributed by atoms with Crippen LogP contribution < -0.4 is 0 Å². The molecule has 0 aliphatic carbocycles. The minimum absolute atomic E-state index is 0.0722. The molecule has 1 aliphatic rings. The van der Waals surface area contributed by atoms with Gasteiger partial charge in [-0.1, -0.05) is 0 Å². The lowest BCUT2D eigenvalue weighted by Gasteiger charge is -2.22. The molecule has 2 rings (SSSR count). The van der Waals surface area contributed by atoms with Gasteiger partial charge in [-0.2, -0.15) is 5.26 Å². The largest absolute Gasteiger partial charge is 0.467 e.